The van der Waals surface area contributed by atoms with E-state index in [2.05, 4.69) is 60.7 Å². The number of aromatic nitrogens is 3. The highest BCUT2D eigenvalue weighted by atomic mass is 127. The van der Waals surface area contributed by atoms with Gasteiger partial charge < -0.3 is 15.2 Å². The Morgan fingerprint density at radius 1 is 1.07 bits per heavy atom. The van der Waals surface area contributed by atoms with Crippen LogP contribution in [0.25, 0.3) is 11.0 Å². The summed E-state index contributed by atoms with van der Waals surface area (Å²) in [6.07, 6.45) is 4.33. The molecule has 0 unspecified atom stereocenters. The molecule has 2 aromatic heterocycles. The Morgan fingerprint density at radius 2 is 1.83 bits per heavy atom. The molecule has 2 N–H and O–H groups in total. The molecule has 0 bridgehead atoms. The molecule has 0 saturated carbocycles. The van der Waals surface area contributed by atoms with Crippen molar-refractivity contribution in [2.75, 3.05) is 20.1 Å². The lowest BCUT2D eigenvalue weighted by Crippen LogP contribution is -2.38. The van der Waals surface area contributed by atoms with Crippen molar-refractivity contribution in [2.24, 2.45) is 4.99 Å². The number of fused-ring (bicyclic) bond motifs is 1. The number of guanidine groups is 1. The molecule has 0 amide bonds. The molecule has 0 radical (unpaired) electrons. The third-order valence-electron chi connectivity index (χ3n) is 4.70. The molecule has 1 aromatic carbocycles. The van der Waals surface area contributed by atoms with Gasteiger partial charge in [-0.15, -0.1) is 35.3 Å². The number of para-hydroxylation sites is 2. The number of nitrogens with zero attached hydrogens (tertiary/aromatic N) is 4. The van der Waals surface area contributed by atoms with Crippen LogP contribution < -0.4 is 10.6 Å². The minimum Gasteiger partial charge on any atom is -0.356 e. The number of aliphatic imine (C=N–C) groups is 1. The molecule has 0 fully saturated rings. The summed E-state index contributed by atoms with van der Waals surface area (Å²) in [7, 11) is 1.82. The fourth-order valence-electron chi connectivity index (χ4n) is 3.27. The SMILES string of the molecule is CN=C(NCCCCc1nc(C)cs1)NCCCn1c(C)nc2ccccc21.I. The van der Waals surface area contributed by atoms with Crippen molar-refractivity contribution in [3.63, 3.8) is 0 Å². The zero-order valence-corrected chi connectivity index (χ0v) is 20.6. The Hall–Kier alpha value is -1.68. The Morgan fingerprint density at radius 3 is 2.55 bits per heavy atom. The molecule has 0 aliphatic heterocycles. The molecule has 158 valence electrons. The molecule has 0 aliphatic rings. The van der Waals surface area contributed by atoms with Crippen molar-refractivity contribution in [1.29, 1.82) is 0 Å². The van der Waals surface area contributed by atoms with Crippen molar-refractivity contribution < 1.29 is 0 Å². The molecule has 29 heavy (non-hydrogen) atoms. The van der Waals surface area contributed by atoms with Gasteiger partial charge in [-0.3, -0.25) is 4.99 Å². The molecule has 0 atom stereocenters. The molecule has 6 nitrogen and oxygen atoms in total. The number of unbranched alkanes of at least 4 members (excludes halogenated alkanes) is 1. The van der Waals surface area contributed by atoms with Crippen molar-refractivity contribution in [3.8, 4) is 0 Å². The maximum Gasteiger partial charge on any atom is 0.190 e. The maximum atomic E-state index is 4.63. The number of hydrogen-bond donors (Lipinski definition) is 2. The number of halogens is 1. The van der Waals surface area contributed by atoms with E-state index in [0.717, 1.165) is 68.3 Å². The third-order valence-corrected chi connectivity index (χ3v) is 5.72. The lowest BCUT2D eigenvalue weighted by molar-refractivity contribution is 0.621. The summed E-state index contributed by atoms with van der Waals surface area (Å²) in [6.45, 7) is 6.87. The molecule has 0 spiro atoms. The number of nitrogens with one attached hydrogen (secondary N) is 2. The summed E-state index contributed by atoms with van der Waals surface area (Å²) in [5.41, 5.74) is 3.40. The molecule has 0 saturated heterocycles. The third kappa shape index (κ3) is 6.95. The maximum absolute atomic E-state index is 4.63. The normalized spacial score (nSPS) is 11.5. The number of imidazole rings is 1. The second-order valence-electron chi connectivity index (χ2n) is 6.92. The van der Waals surface area contributed by atoms with Crippen LogP contribution in [0.4, 0.5) is 0 Å². The van der Waals surface area contributed by atoms with Crippen LogP contribution in [0.15, 0.2) is 34.6 Å². The molecular formula is C21H31IN6S. The van der Waals surface area contributed by atoms with Gasteiger partial charge in [0.05, 0.1) is 16.0 Å². The Balaban J connectivity index is 0.00000300. The summed E-state index contributed by atoms with van der Waals surface area (Å²) < 4.78 is 2.29. The molecular weight excluding hydrogens is 495 g/mol. The van der Waals surface area contributed by atoms with E-state index >= 15 is 0 Å². The average Bonchev–Trinajstić information content (AvgIpc) is 3.25. The Labute approximate surface area is 194 Å². The zero-order chi connectivity index (χ0) is 19.8. The summed E-state index contributed by atoms with van der Waals surface area (Å²) in [4.78, 5) is 13.5. The van der Waals surface area contributed by atoms with Gasteiger partial charge in [0.25, 0.3) is 0 Å². The molecule has 3 rings (SSSR count). The van der Waals surface area contributed by atoms with Crippen molar-refractivity contribution in [2.45, 2.75) is 46.1 Å². The number of aryl methyl sites for hydroxylation is 4. The van der Waals surface area contributed by atoms with Gasteiger partial charge >= 0.3 is 0 Å². The van der Waals surface area contributed by atoms with Gasteiger partial charge in [-0.1, -0.05) is 12.1 Å². The molecule has 0 aliphatic carbocycles. The van der Waals surface area contributed by atoms with E-state index in [4.69, 9.17) is 0 Å². The first-order chi connectivity index (χ1) is 13.7. The second kappa shape index (κ2) is 12.1. The molecule has 3 aromatic rings. The van der Waals surface area contributed by atoms with Crippen LogP contribution >= 0.6 is 35.3 Å². The van der Waals surface area contributed by atoms with E-state index in [1.165, 1.54) is 10.5 Å². The zero-order valence-electron chi connectivity index (χ0n) is 17.4. The van der Waals surface area contributed by atoms with Crippen molar-refractivity contribution in [3.05, 3.63) is 46.2 Å². The van der Waals surface area contributed by atoms with Gasteiger partial charge in [-0.05, 0) is 51.7 Å². The van der Waals surface area contributed by atoms with E-state index in [-0.39, 0.29) is 24.0 Å². The van der Waals surface area contributed by atoms with Gasteiger partial charge in [0.1, 0.15) is 5.82 Å². The molecule has 8 heteroatoms. The number of benzene rings is 1. The van der Waals surface area contributed by atoms with Gasteiger partial charge in [-0.2, -0.15) is 0 Å². The van der Waals surface area contributed by atoms with Crippen LogP contribution in [0.3, 0.4) is 0 Å². The Kier molecular flexibility index (Phi) is 9.86. The predicted octanol–water partition coefficient (Wildman–Crippen LogP) is 4.31. The van der Waals surface area contributed by atoms with Gasteiger partial charge in [-0.25, -0.2) is 9.97 Å². The first-order valence-electron chi connectivity index (χ1n) is 9.95. The lowest BCUT2D eigenvalue weighted by atomic mass is 10.2. The monoisotopic (exact) mass is 526 g/mol. The van der Waals surface area contributed by atoms with E-state index < -0.39 is 0 Å². The van der Waals surface area contributed by atoms with Crippen molar-refractivity contribution in [1.82, 2.24) is 25.2 Å². The van der Waals surface area contributed by atoms with Crippen LogP contribution in [-0.4, -0.2) is 40.6 Å². The number of hydrogen-bond acceptors (Lipinski definition) is 4. The largest absolute Gasteiger partial charge is 0.356 e. The average molecular weight is 526 g/mol. The van der Waals surface area contributed by atoms with Gasteiger partial charge in [0, 0.05) is 37.8 Å². The van der Waals surface area contributed by atoms with E-state index in [9.17, 15) is 0 Å². The highest BCUT2D eigenvalue weighted by molar-refractivity contribution is 14.0. The van der Waals surface area contributed by atoms with Crippen LogP contribution in [0.2, 0.25) is 0 Å². The van der Waals surface area contributed by atoms with Crippen molar-refractivity contribution >= 4 is 52.3 Å². The van der Waals surface area contributed by atoms with E-state index in [1.54, 1.807) is 11.3 Å². The summed E-state index contributed by atoms with van der Waals surface area (Å²) in [6, 6.07) is 8.31. The van der Waals surface area contributed by atoms with E-state index in [1.807, 2.05) is 20.0 Å². The lowest BCUT2D eigenvalue weighted by Gasteiger charge is -2.12. The van der Waals surface area contributed by atoms with Crippen LogP contribution in [0, 0.1) is 13.8 Å². The highest BCUT2D eigenvalue weighted by Crippen LogP contribution is 2.15. The summed E-state index contributed by atoms with van der Waals surface area (Å²) in [5.74, 6) is 1.94. The standard InChI is InChI=1S/C21H30N6S.HI/c1-16-15-28-20(25-16)11-6-7-12-23-21(22-3)24-13-8-14-27-17(2)26-18-9-4-5-10-19(18)27;/h4-5,9-10,15H,6-8,11-14H2,1-3H3,(H2,22,23,24);1H. The van der Waals surface area contributed by atoms with Gasteiger partial charge in [0.2, 0.25) is 0 Å². The minimum absolute atomic E-state index is 0. The Bertz CT molecular complexity index is 917. The first-order valence-corrected chi connectivity index (χ1v) is 10.8. The predicted molar refractivity (Wildman–Crippen MR) is 134 cm³/mol. The highest BCUT2D eigenvalue weighted by Gasteiger charge is 2.06. The summed E-state index contributed by atoms with van der Waals surface area (Å²) >= 11 is 1.76. The minimum atomic E-state index is 0. The quantitative estimate of drug-likeness (QED) is 0.189. The smallest absolute Gasteiger partial charge is 0.190 e. The number of thiazole rings is 1. The fourth-order valence-corrected chi connectivity index (χ4v) is 4.09. The number of rotatable bonds is 9. The second-order valence-corrected chi connectivity index (χ2v) is 7.86. The van der Waals surface area contributed by atoms with Gasteiger partial charge in [0.15, 0.2) is 5.96 Å². The summed E-state index contributed by atoms with van der Waals surface area (Å²) in [5, 5.41) is 10.2. The van der Waals surface area contributed by atoms with Crippen LogP contribution in [0.5, 0.6) is 0 Å². The van der Waals surface area contributed by atoms with E-state index in [0.29, 0.717) is 0 Å². The first kappa shape index (κ1) is 23.6. The van der Waals surface area contributed by atoms with Crippen LogP contribution in [-0.2, 0) is 13.0 Å². The topological polar surface area (TPSA) is 67.1 Å². The fraction of sp³-hybridized carbons (Fsp3) is 0.476. The van der Waals surface area contributed by atoms with Crippen LogP contribution in [0.1, 0.15) is 35.8 Å². The molecule has 2 heterocycles.